The summed E-state index contributed by atoms with van der Waals surface area (Å²) in [5.74, 6) is 0. The van der Waals surface area contributed by atoms with Gasteiger partial charge in [0, 0.05) is 160 Å². The molecule has 0 spiro atoms. The number of hydrogen-bond donors (Lipinski definition) is 0. The maximum atomic E-state index is 6.09. The number of nitrogens with zero attached hydrogens (tertiary/aromatic N) is 2. The molecule has 0 radical (unpaired) electrons. The lowest BCUT2D eigenvalue weighted by atomic mass is 10.3. The molecule has 0 fully saturated rings. The normalized spacial score (nSPS) is 13.2. The van der Waals surface area contributed by atoms with E-state index in [9.17, 15) is 0 Å². The van der Waals surface area contributed by atoms with Crippen molar-refractivity contribution in [2.24, 2.45) is 0 Å². The van der Waals surface area contributed by atoms with Crippen LogP contribution in [0.3, 0.4) is 0 Å². The zero-order valence-electron chi connectivity index (χ0n) is 48.3. The van der Waals surface area contributed by atoms with Gasteiger partial charge in [0.15, 0.2) is 0 Å². The molecular weight excluding hydrogens is 1030 g/mol. The Kier molecular flexibility index (Phi) is 46.1. The molecule has 0 aromatic rings. The monoisotopic (exact) mass is 1130 g/mol. The van der Waals surface area contributed by atoms with Crippen molar-refractivity contribution in [3.63, 3.8) is 0 Å². The molecule has 0 heterocycles. The van der Waals surface area contributed by atoms with Crippen LogP contribution in [-0.4, -0.2) is 225 Å². The van der Waals surface area contributed by atoms with Crippen LogP contribution in [0.15, 0.2) is 0 Å². The fourth-order valence-corrected chi connectivity index (χ4v) is 21.3. The summed E-state index contributed by atoms with van der Waals surface area (Å²) in [5.41, 5.74) is 0. The fourth-order valence-electron chi connectivity index (χ4n) is 8.46. The van der Waals surface area contributed by atoms with Crippen molar-refractivity contribution < 1.29 is 79.7 Å². The molecule has 0 saturated carbocycles. The van der Waals surface area contributed by atoms with Gasteiger partial charge in [-0.1, -0.05) is 0 Å². The van der Waals surface area contributed by atoms with E-state index in [0.29, 0.717) is 59.5 Å². The summed E-state index contributed by atoms with van der Waals surface area (Å²) in [6.07, 6.45) is 5.52. The van der Waals surface area contributed by atoms with E-state index < -0.39 is 52.8 Å². The minimum Gasteiger partial charge on any atom is -0.377 e. The molecule has 0 saturated heterocycles. The highest BCUT2D eigenvalue weighted by Gasteiger charge is 2.43. The first kappa shape index (κ1) is 73.6. The van der Waals surface area contributed by atoms with E-state index in [1.807, 2.05) is 62.3 Å². The Morgan fingerprint density at radius 3 is 0.451 bits per heavy atom. The summed E-state index contributed by atoms with van der Waals surface area (Å²) in [7, 11) is -0.966. The molecule has 0 aliphatic rings. The van der Waals surface area contributed by atoms with E-state index in [1.54, 1.807) is 64.0 Å². The summed E-state index contributed by atoms with van der Waals surface area (Å²) in [4.78, 5) is 4.93. The smallest absolute Gasteiger partial charge is 0.377 e. The molecule has 0 amide bonds. The molecule has 430 valence electrons. The van der Waals surface area contributed by atoms with Gasteiger partial charge in [0.25, 0.3) is 0 Å². The first-order chi connectivity index (χ1) is 34.2. The van der Waals surface area contributed by atoms with Gasteiger partial charge in [-0.15, -0.1) is 0 Å². The second-order valence-electron chi connectivity index (χ2n) is 16.1. The van der Waals surface area contributed by atoms with Crippen LogP contribution in [-0.2, 0) is 79.7 Å². The summed E-state index contributed by atoms with van der Waals surface area (Å²) >= 11 is 0. The standard InChI is InChI=1S/C27H63NO9Si3.C18H45NO9Si3/c1-10-29-38(30-11-2,31-12-3)25-19-22-28(23-20-26-39(32-13-4,33-14-5)34-15-6)24-21-27-40(35-16-7,36-17-8)37-18-9;1-20-29(21-2,22-3)16-10-13-19(14-11-17-30(23-4,24-5)25-6)15-12-18-31(26-7,27-8)28-9/h10-27H2,1-9H3;10-18H2,1-9H3. The van der Waals surface area contributed by atoms with E-state index in [-0.39, 0.29) is 0 Å². The van der Waals surface area contributed by atoms with Gasteiger partial charge in [-0.05, 0) is 140 Å². The third-order valence-corrected chi connectivity index (χ3v) is 29.8. The van der Waals surface area contributed by atoms with E-state index >= 15 is 0 Å². The van der Waals surface area contributed by atoms with Crippen molar-refractivity contribution in [2.75, 3.05) is 163 Å². The Morgan fingerprint density at radius 1 is 0.211 bits per heavy atom. The molecule has 0 unspecified atom stereocenters. The molecule has 0 aliphatic heterocycles. The van der Waals surface area contributed by atoms with Crippen LogP contribution in [0.1, 0.15) is 101 Å². The van der Waals surface area contributed by atoms with Crippen LogP contribution in [0.4, 0.5) is 0 Å². The summed E-state index contributed by atoms with van der Waals surface area (Å²) in [5, 5.41) is 0. The zero-order chi connectivity index (χ0) is 54.0. The van der Waals surface area contributed by atoms with Crippen LogP contribution in [0, 0.1) is 0 Å². The van der Waals surface area contributed by atoms with E-state index in [4.69, 9.17) is 79.7 Å². The topological polar surface area (TPSA) is 173 Å². The molecule has 0 aromatic heterocycles. The van der Waals surface area contributed by atoms with Gasteiger partial charge in [0.2, 0.25) is 0 Å². The Hall–Kier alpha value is 0.501. The van der Waals surface area contributed by atoms with Crippen molar-refractivity contribution in [1.82, 2.24) is 9.80 Å². The third kappa shape index (κ3) is 29.7. The van der Waals surface area contributed by atoms with Crippen LogP contribution in [0.2, 0.25) is 36.3 Å². The van der Waals surface area contributed by atoms with Crippen molar-refractivity contribution >= 4 is 52.8 Å². The second kappa shape index (κ2) is 44.5. The van der Waals surface area contributed by atoms with E-state index in [2.05, 4.69) is 9.80 Å². The molecule has 20 nitrogen and oxygen atoms in total. The molecule has 0 aromatic carbocycles. The average molecular weight is 1130 g/mol. The van der Waals surface area contributed by atoms with Crippen LogP contribution in [0.5, 0.6) is 0 Å². The van der Waals surface area contributed by atoms with E-state index in [1.165, 1.54) is 0 Å². The van der Waals surface area contributed by atoms with Gasteiger partial charge in [-0.3, -0.25) is 0 Å². The largest absolute Gasteiger partial charge is 0.500 e. The summed E-state index contributed by atoms with van der Waals surface area (Å²) < 4.78 is 105. The fraction of sp³-hybridized carbons (Fsp3) is 1.00. The molecule has 0 N–H and O–H groups in total. The van der Waals surface area contributed by atoms with Crippen LogP contribution < -0.4 is 0 Å². The SMILES string of the molecule is CCO[Si](CCCN(CCC[Si](OCC)(OCC)OCC)CCC[Si](OCC)(OCC)OCC)(OCC)OCC.CO[Si](CCCN(CCC[Si](OC)(OC)OC)CCC[Si](OC)(OC)OC)(OC)OC. The molecular formula is C45H108N2O18Si6. The predicted molar refractivity (Wildman–Crippen MR) is 292 cm³/mol. The Balaban J connectivity index is 0. The third-order valence-electron chi connectivity index (χ3n) is 11.8. The average Bonchev–Trinajstić information content (AvgIpc) is 3.36. The number of hydrogen-bond acceptors (Lipinski definition) is 20. The summed E-state index contributed by atoms with van der Waals surface area (Å²) in [6, 6.07) is 4.66. The minimum absolute atomic E-state index is 0.591. The highest BCUT2D eigenvalue weighted by atomic mass is 28.4. The molecule has 0 atom stereocenters. The number of rotatable bonds is 51. The van der Waals surface area contributed by atoms with Gasteiger partial charge < -0.3 is 89.5 Å². The Bertz CT molecular complexity index is 980. The van der Waals surface area contributed by atoms with Gasteiger partial charge in [0.05, 0.1) is 0 Å². The first-order valence-electron chi connectivity index (χ1n) is 26.3. The molecule has 71 heavy (non-hydrogen) atoms. The second-order valence-corrected chi connectivity index (χ2v) is 33.6. The van der Waals surface area contributed by atoms with Gasteiger partial charge in [0.1, 0.15) is 0 Å². The van der Waals surface area contributed by atoms with E-state index in [0.717, 1.165) is 114 Å². The molecule has 26 heteroatoms. The summed E-state index contributed by atoms with van der Waals surface area (Å²) in [6.45, 7) is 28.8. The predicted octanol–water partition coefficient (Wildman–Crippen LogP) is 7.70. The zero-order valence-corrected chi connectivity index (χ0v) is 54.3. The lowest BCUT2D eigenvalue weighted by Gasteiger charge is -2.32. The molecule has 0 aliphatic carbocycles. The van der Waals surface area contributed by atoms with Gasteiger partial charge in [-0.2, -0.15) is 0 Å². The molecule has 0 rings (SSSR count). The molecule has 0 bridgehead atoms. The maximum Gasteiger partial charge on any atom is 0.500 e. The lowest BCUT2D eigenvalue weighted by Crippen LogP contribution is -2.47. The lowest BCUT2D eigenvalue weighted by molar-refractivity contribution is 0.0686. The van der Waals surface area contributed by atoms with Crippen molar-refractivity contribution in [1.29, 1.82) is 0 Å². The Labute approximate surface area is 440 Å². The minimum atomic E-state index is -2.68. The highest BCUT2D eigenvalue weighted by Crippen LogP contribution is 2.24. The Morgan fingerprint density at radius 2 is 0.338 bits per heavy atom. The van der Waals surface area contributed by atoms with Crippen molar-refractivity contribution in [3.8, 4) is 0 Å². The van der Waals surface area contributed by atoms with Crippen molar-refractivity contribution in [3.05, 3.63) is 0 Å². The van der Waals surface area contributed by atoms with Crippen LogP contribution in [0.25, 0.3) is 0 Å². The van der Waals surface area contributed by atoms with Gasteiger partial charge in [-0.25, -0.2) is 0 Å². The quantitative estimate of drug-likeness (QED) is 0.0542. The van der Waals surface area contributed by atoms with Gasteiger partial charge >= 0.3 is 52.8 Å². The first-order valence-corrected chi connectivity index (χ1v) is 37.9. The van der Waals surface area contributed by atoms with Crippen LogP contribution >= 0.6 is 0 Å². The van der Waals surface area contributed by atoms with Crippen molar-refractivity contribution in [2.45, 2.75) is 137 Å². The highest BCUT2D eigenvalue weighted by molar-refractivity contribution is 6.62. The maximum absolute atomic E-state index is 6.09.